The van der Waals surface area contributed by atoms with Crippen molar-refractivity contribution in [3.8, 4) is 0 Å². The normalized spacial score (nSPS) is 20.1. The summed E-state index contributed by atoms with van der Waals surface area (Å²) in [5.41, 5.74) is 11.2. The van der Waals surface area contributed by atoms with Gasteiger partial charge in [0.1, 0.15) is 15.5 Å². The molecule has 0 atom stereocenters. The summed E-state index contributed by atoms with van der Waals surface area (Å²) in [5.74, 6) is 0.0679. The molecule has 2 N–H and O–H groups in total. The number of allylic oxidation sites excluding steroid dienone is 2. The van der Waals surface area contributed by atoms with Crippen LogP contribution in [0.4, 0.5) is 4.79 Å². The number of amides is 1. The maximum atomic E-state index is 12.0. The second-order valence-electron chi connectivity index (χ2n) is 10.6. The van der Waals surface area contributed by atoms with E-state index in [-0.39, 0.29) is 18.4 Å². The summed E-state index contributed by atoms with van der Waals surface area (Å²) in [5, 5.41) is 0.985. The van der Waals surface area contributed by atoms with Gasteiger partial charge < -0.3 is 19.9 Å². The Morgan fingerprint density at radius 2 is 1.81 bits per heavy atom. The lowest BCUT2D eigenvalue weighted by Gasteiger charge is -2.40. The largest absolute Gasteiger partial charge is 0.449 e. The van der Waals surface area contributed by atoms with Gasteiger partial charge in [-0.25, -0.2) is 18.2 Å². The van der Waals surface area contributed by atoms with Crippen LogP contribution in [0.25, 0.3) is 11.0 Å². The van der Waals surface area contributed by atoms with Crippen molar-refractivity contribution in [1.82, 2.24) is 14.5 Å². The molecule has 8 nitrogen and oxygen atoms in total. The molecule has 2 aromatic heterocycles. The summed E-state index contributed by atoms with van der Waals surface area (Å²) >= 11 is 0. The monoisotopic (exact) mass is 516 g/mol. The SMILES string of the molecule is CC(C)=C1CCC(N2CCC(n3c(CCOC(N)=O)c(CCS(C)(=O)=O)c4cccnc43)CC2)CC1. The molecule has 0 unspecified atom stereocenters. The van der Waals surface area contributed by atoms with Crippen LogP contribution in [0, 0.1) is 0 Å². The van der Waals surface area contributed by atoms with Crippen molar-refractivity contribution in [3.05, 3.63) is 40.7 Å². The Bertz CT molecular complexity index is 1210. The van der Waals surface area contributed by atoms with Gasteiger partial charge in [0, 0.05) is 55.1 Å². The Hall–Kier alpha value is -2.39. The number of aryl methyl sites for hydroxylation is 1. The molecule has 0 aromatic carbocycles. The number of hydrogen-bond donors (Lipinski definition) is 1. The van der Waals surface area contributed by atoms with Gasteiger partial charge in [-0.05, 0) is 76.5 Å². The van der Waals surface area contributed by atoms with Crippen LogP contribution in [0.3, 0.4) is 0 Å². The summed E-state index contributed by atoms with van der Waals surface area (Å²) < 4.78 is 31.4. The van der Waals surface area contributed by atoms with Gasteiger partial charge in [0.15, 0.2) is 0 Å². The number of primary amides is 1. The number of rotatable bonds is 8. The van der Waals surface area contributed by atoms with Crippen molar-refractivity contribution in [1.29, 1.82) is 0 Å². The van der Waals surface area contributed by atoms with Gasteiger partial charge in [-0.15, -0.1) is 0 Å². The number of nitrogens with zero attached hydrogens (tertiary/aromatic N) is 3. The number of pyridine rings is 1. The molecule has 4 rings (SSSR count). The van der Waals surface area contributed by atoms with Crippen molar-refractivity contribution in [3.63, 3.8) is 0 Å². The van der Waals surface area contributed by atoms with Crippen molar-refractivity contribution in [2.75, 3.05) is 31.7 Å². The highest BCUT2D eigenvalue weighted by molar-refractivity contribution is 7.90. The third-order valence-electron chi connectivity index (χ3n) is 7.93. The van der Waals surface area contributed by atoms with E-state index >= 15 is 0 Å². The number of carbonyl (C=O) groups excluding carboxylic acids is 1. The Balaban J connectivity index is 1.57. The predicted octanol–water partition coefficient (Wildman–Crippen LogP) is 4.18. The highest BCUT2D eigenvalue weighted by Crippen LogP contribution is 2.36. The van der Waals surface area contributed by atoms with Gasteiger partial charge in [-0.1, -0.05) is 11.1 Å². The zero-order valence-corrected chi connectivity index (χ0v) is 22.6. The lowest BCUT2D eigenvalue weighted by atomic mass is 9.86. The van der Waals surface area contributed by atoms with E-state index in [1.54, 1.807) is 11.8 Å². The number of fused-ring (bicyclic) bond motifs is 1. The van der Waals surface area contributed by atoms with Crippen LogP contribution < -0.4 is 5.73 Å². The maximum Gasteiger partial charge on any atom is 0.404 e. The van der Waals surface area contributed by atoms with E-state index in [0.29, 0.717) is 18.9 Å². The highest BCUT2D eigenvalue weighted by atomic mass is 32.2. The van der Waals surface area contributed by atoms with Crippen LogP contribution in [-0.4, -0.2) is 66.7 Å². The molecule has 2 aromatic rings. The predicted molar refractivity (Wildman–Crippen MR) is 143 cm³/mol. The molecule has 3 heterocycles. The number of likely N-dealkylation sites (tertiary alicyclic amines) is 1. The number of aromatic nitrogens is 2. The molecular weight excluding hydrogens is 476 g/mol. The van der Waals surface area contributed by atoms with Gasteiger partial charge >= 0.3 is 6.09 Å². The number of piperidine rings is 1. The first-order chi connectivity index (χ1) is 17.1. The molecule has 198 valence electrons. The van der Waals surface area contributed by atoms with Crippen LogP contribution in [0.1, 0.15) is 69.7 Å². The number of sulfone groups is 1. The minimum absolute atomic E-state index is 0.0679. The van der Waals surface area contributed by atoms with Crippen LogP contribution in [0.15, 0.2) is 29.5 Å². The van der Waals surface area contributed by atoms with Gasteiger partial charge in [0.25, 0.3) is 0 Å². The second kappa shape index (κ2) is 11.3. The maximum absolute atomic E-state index is 12.0. The molecule has 2 aliphatic rings. The molecule has 1 saturated heterocycles. The number of nitrogens with two attached hydrogens (primary N) is 1. The zero-order valence-electron chi connectivity index (χ0n) is 21.8. The summed E-state index contributed by atoms with van der Waals surface area (Å²) in [7, 11) is -3.13. The summed E-state index contributed by atoms with van der Waals surface area (Å²) in [6.07, 6.45) is 10.1. The second-order valence-corrected chi connectivity index (χ2v) is 12.8. The van der Waals surface area contributed by atoms with Crippen molar-refractivity contribution in [2.45, 2.75) is 77.3 Å². The Kier molecular flexibility index (Phi) is 8.40. The smallest absolute Gasteiger partial charge is 0.404 e. The summed E-state index contributed by atoms with van der Waals surface area (Å²) in [6, 6.07) is 4.84. The van der Waals surface area contributed by atoms with Crippen molar-refractivity contribution < 1.29 is 17.9 Å². The molecule has 0 radical (unpaired) electrons. The number of carbonyl (C=O) groups is 1. The summed E-state index contributed by atoms with van der Waals surface area (Å²) in [4.78, 5) is 18.6. The molecular formula is C27H40N4O4S. The van der Waals surface area contributed by atoms with Crippen molar-refractivity contribution in [2.24, 2.45) is 5.73 Å². The molecule has 1 aliphatic carbocycles. The topological polar surface area (TPSA) is 108 Å². The molecule has 9 heteroatoms. The van der Waals surface area contributed by atoms with E-state index < -0.39 is 15.9 Å². The fourth-order valence-corrected chi connectivity index (χ4v) is 6.63. The Morgan fingerprint density at radius 1 is 1.11 bits per heavy atom. The lowest BCUT2D eigenvalue weighted by Crippen LogP contribution is -2.43. The average molecular weight is 517 g/mol. The average Bonchev–Trinajstić information content (AvgIpc) is 3.15. The molecule has 1 saturated carbocycles. The molecule has 2 fully saturated rings. The quantitative estimate of drug-likeness (QED) is 0.528. The van der Waals surface area contributed by atoms with E-state index in [0.717, 1.165) is 48.2 Å². The third-order valence-corrected chi connectivity index (χ3v) is 8.88. The van der Waals surface area contributed by atoms with Crippen LogP contribution in [0.5, 0.6) is 0 Å². The first kappa shape index (κ1) is 26.7. The standard InChI is InChI=1S/C27H40N4O4S/c1-19(2)20-6-8-21(9-7-20)30-15-10-22(11-16-30)31-25(12-17-35-27(28)32)23(13-18-36(3,33)34)24-5-4-14-29-26(24)31/h4-5,14,21-22H,6-13,15-18H2,1-3H3,(H2,28,32). The Labute approximate surface area is 214 Å². The van der Waals surface area contributed by atoms with Gasteiger partial charge in [-0.3, -0.25) is 0 Å². The number of hydrogen-bond acceptors (Lipinski definition) is 6. The Morgan fingerprint density at radius 3 is 2.42 bits per heavy atom. The van der Waals surface area contributed by atoms with Gasteiger partial charge in [-0.2, -0.15) is 0 Å². The number of ether oxygens (including phenoxy) is 1. The van der Waals surface area contributed by atoms with E-state index in [2.05, 4.69) is 23.3 Å². The molecule has 1 aliphatic heterocycles. The van der Waals surface area contributed by atoms with Crippen LogP contribution in [0.2, 0.25) is 0 Å². The molecule has 36 heavy (non-hydrogen) atoms. The zero-order chi connectivity index (χ0) is 25.9. The van der Waals surface area contributed by atoms with E-state index in [4.69, 9.17) is 15.5 Å². The fourth-order valence-electron chi connectivity index (χ4n) is 6.06. The van der Waals surface area contributed by atoms with Crippen LogP contribution >= 0.6 is 0 Å². The first-order valence-electron chi connectivity index (χ1n) is 13.1. The van der Waals surface area contributed by atoms with Gasteiger partial charge in [0.2, 0.25) is 0 Å². The molecule has 1 amide bonds. The van der Waals surface area contributed by atoms with Gasteiger partial charge in [0.05, 0.1) is 12.4 Å². The molecule has 0 bridgehead atoms. The summed E-state index contributed by atoms with van der Waals surface area (Å²) in [6.45, 7) is 6.70. The fraction of sp³-hybridized carbons (Fsp3) is 0.630. The third kappa shape index (κ3) is 6.29. The minimum Gasteiger partial charge on any atom is -0.449 e. The van der Waals surface area contributed by atoms with E-state index in [1.807, 2.05) is 12.1 Å². The van der Waals surface area contributed by atoms with E-state index in [9.17, 15) is 13.2 Å². The molecule has 0 spiro atoms. The first-order valence-corrected chi connectivity index (χ1v) is 15.2. The highest BCUT2D eigenvalue weighted by Gasteiger charge is 2.31. The lowest BCUT2D eigenvalue weighted by molar-refractivity contribution is 0.116. The van der Waals surface area contributed by atoms with E-state index in [1.165, 1.54) is 37.5 Å². The van der Waals surface area contributed by atoms with Crippen LogP contribution in [-0.2, 0) is 27.4 Å². The minimum atomic E-state index is -3.13. The van der Waals surface area contributed by atoms with Crippen molar-refractivity contribution >= 4 is 27.0 Å².